The van der Waals surface area contributed by atoms with Crippen molar-refractivity contribution in [1.82, 2.24) is 5.32 Å². The molecule has 2 nitrogen and oxygen atoms in total. The Kier molecular flexibility index (Phi) is 3.83. The molecule has 0 aromatic rings. The van der Waals surface area contributed by atoms with E-state index in [1.165, 1.54) is 12.8 Å². The molecular weight excluding hydrogens is 184 g/mol. The van der Waals surface area contributed by atoms with E-state index in [0.29, 0.717) is 5.41 Å². The topological polar surface area (TPSA) is 38.0 Å². The van der Waals surface area contributed by atoms with Crippen molar-refractivity contribution in [2.45, 2.75) is 53.5 Å². The van der Waals surface area contributed by atoms with E-state index in [0.717, 1.165) is 19.0 Å². The molecule has 0 radical (unpaired) electrons. The zero-order valence-corrected chi connectivity index (χ0v) is 11.1. The van der Waals surface area contributed by atoms with Gasteiger partial charge in [-0.25, -0.2) is 0 Å². The Balaban J connectivity index is 2.22. The minimum atomic E-state index is 0.210. The Morgan fingerprint density at radius 2 is 1.80 bits per heavy atom. The molecule has 2 heteroatoms. The van der Waals surface area contributed by atoms with E-state index in [9.17, 15) is 0 Å². The summed E-state index contributed by atoms with van der Waals surface area (Å²) in [6, 6.07) is 0.250. The highest BCUT2D eigenvalue weighted by atomic mass is 14.9. The van der Waals surface area contributed by atoms with Crippen molar-refractivity contribution in [3.63, 3.8) is 0 Å². The number of nitrogens with one attached hydrogen (secondary N) is 1. The fourth-order valence-electron chi connectivity index (χ4n) is 1.90. The van der Waals surface area contributed by atoms with Crippen LogP contribution >= 0.6 is 0 Å². The molecule has 0 bridgehead atoms. The first-order valence-electron chi connectivity index (χ1n) is 6.24. The largest absolute Gasteiger partial charge is 0.326 e. The second-order valence-corrected chi connectivity index (χ2v) is 6.62. The smallest absolute Gasteiger partial charge is 0.0214 e. The van der Waals surface area contributed by atoms with Crippen LogP contribution in [0, 0.1) is 16.7 Å². The van der Waals surface area contributed by atoms with Gasteiger partial charge in [-0.05, 0) is 29.6 Å². The molecule has 90 valence electrons. The summed E-state index contributed by atoms with van der Waals surface area (Å²) in [5.74, 6) is 0.802. The summed E-state index contributed by atoms with van der Waals surface area (Å²) in [5.41, 5.74) is 6.92. The van der Waals surface area contributed by atoms with Gasteiger partial charge in [0.25, 0.3) is 0 Å². The fraction of sp³-hybridized carbons (Fsp3) is 1.00. The number of nitrogens with two attached hydrogens (primary N) is 1. The number of rotatable bonds is 5. The molecule has 1 atom stereocenters. The van der Waals surface area contributed by atoms with E-state index < -0.39 is 0 Å². The average molecular weight is 212 g/mol. The second kappa shape index (κ2) is 4.42. The van der Waals surface area contributed by atoms with Gasteiger partial charge in [-0.2, -0.15) is 0 Å². The molecule has 1 saturated carbocycles. The third-order valence-electron chi connectivity index (χ3n) is 4.07. The van der Waals surface area contributed by atoms with Crippen molar-refractivity contribution in [2.24, 2.45) is 22.5 Å². The standard InChI is InChI=1S/C13H28N2/c1-10(2)13(6-7-13)9-15-8-11(14)12(3,4)5/h10-11,15H,6-9,14H2,1-5H3. The van der Waals surface area contributed by atoms with Gasteiger partial charge in [0.05, 0.1) is 0 Å². The fourth-order valence-corrected chi connectivity index (χ4v) is 1.90. The van der Waals surface area contributed by atoms with Crippen molar-refractivity contribution in [3.8, 4) is 0 Å². The van der Waals surface area contributed by atoms with Gasteiger partial charge >= 0.3 is 0 Å². The van der Waals surface area contributed by atoms with Gasteiger partial charge < -0.3 is 11.1 Å². The minimum Gasteiger partial charge on any atom is -0.326 e. The molecule has 1 rings (SSSR count). The monoisotopic (exact) mass is 212 g/mol. The minimum absolute atomic E-state index is 0.210. The Morgan fingerprint density at radius 1 is 1.27 bits per heavy atom. The third kappa shape index (κ3) is 3.46. The zero-order chi connectivity index (χ0) is 11.7. The maximum Gasteiger partial charge on any atom is 0.0214 e. The van der Waals surface area contributed by atoms with E-state index in [1.807, 2.05) is 0 Å². The molecule has 0 aromatic heterocycles. The Hall–Kier alpha value is -0.0800. The van der Waals surface area contributed by atoms with Crippen LogP contribution in [-0.2, 0) is 0 Å². The second-order valence-electron chi connectivity index (χ2n) is 6.62. The molecule has 0 amide bonds. The first-order valence-corrected chi connectivity index (χ1v) is 6.24. The summed E-state index contributed by atoms with van der Waals surface area (Å²) in [6.07, 6.45) is 2.78. The van der Waals surface area contributed by atoms with Gasteiger partial charge in [-0.15, -0.1) is 0 Å². The van der Waals surface area contributed by atoms with Crippen LogP contribution in [0.2, 0.25) is 0 Å². The van der Waals surface area contributed by atoms with Crippen LogP contribution in [-0.4, -0.2) is 19.1 Å². The van der Waals surface area contributed by atoms with Crippen LogP contribution in [0.25, 0.3) is 0 Å². The van der Waals surface area contributed by atoms with Crippen LogP contribution < -0.4 is 11.1 Å². The molecule has 0 aromatic carbocycles. The van der Waals surface area contributed by atoms with Crippen molar-refractivity contribution < 1.29 is 0 Å². The molecule has 1 aliphatic rings. The first kappa shape index (κ1) is 13.0. The van der Waals surface area contributed by atoms with E-state index in [-0.39, 0.29) is 11.5 Å². The highest BCUT2D eigenvalue weighted by Crippen LogP contribution is 2.51. The molecule has 3 N–H and O–H groups in total. The van der Waals surface area contributed by atoms with Gasteiger partial charge in [-0.3, -0.25) is 0 Å². The van der Waals surface area contributed by atoms with Crippen LogP contribution in [0.3, 0.4) is 0 Å². The Bertz CT molecular complexity index is 199. The van der Waals surface area contributed by atoms with Gasteiger partial charge in [0.1, 0.15) is 0 Å². The lowest BCUT2D eigenvalue weighted by molar-refractivity contribution is 0.284. The summed E-state index contributed by atoms with van der Waals surface area (Å²) in [7, 11) is 0. The summed E-state index contributed by atoms with van der Waals surface area (Å²) in [4.78, 5) is 0. The maximum absolute atomic E-state index is 6.11. The van der Waals surface area contributed by atoms with Crippen molar-refractivity contribution >= 4 is 0 Å². The molecule has 0 heterocycles. The summed E-state index contributed by atoms with van der Waals surface area (Å²) in [5, 5.41) is 3.55. The number of hydrogen-bond donors (Lipinski definition) is 2. The van der Waals surface area contributed by atoms with Crippen molar-refractivity contribution in [2.75, 3.05) is 13.1 Å². The lowest BCUT2D eigenvalue weighted by Crippen LogP contribution is -2.45. The van der Waals surface area contributed by atoms with E-state index in [4.69, 9.17) is 5.73 Å². The highest BCUT2D eigenvalue weighted by molar-refractivity contribution is 4.97. The summed E-state index contributed by atoms with van der Waals surface area (Å²) in [6.45, 7) is 13.4. The van der Waals surface area contributed by atoms with E-state index >= 15 is 0 Å². The van der Waals surface area contributed by atoms with E-state index in [2.05, 4.69) is 39.9 Å². The lowest BCUT2D eigenvalue weighted by Gasteiger charge is -2.28. The summed E-state index contributed by atoms with van der Waals surface area (Å²) >= 11 is 0. The first-order chi connectivity index (χ1) is 6.78. The van der Waals surface area contributed by atoms with Gasteiger partial charge in [0.2, 0.25) is 0 Å². The van der Waals surface area contributed by atoms with Crippen LogP contribution in [0.15, 0.2) is 0 Å². The van der Waals surface area contributed by atoms with Crippen molar-refractivity contribution in [3.05, 3.63) is 0 Å². The molecule has 0 aliphatic heterocycles. The van der Waals surface area contributed by atoms with Gasteiger partial charge in [0.15, 0.2) is 0 Å². The average Bonchev–Trinajstić information content (AvgIpc) is 2.83. The number of hydrogen-bond acceptors (Lipinski definition) is 2. The Morgan fingerprint density at radius 3 is 2.13 bits per heavy atom. The maximum atomic E-state index is 6.11. The molecule has 1 unspecified atom stereocenters. The van der Waals surface area contributed by atoms with Gasteiger partial charge in [0, 0.05) is 19.1 Å². The molecule has 0 saturated heterocycles. The molecule has 0 spiro atoms. The SMILES string of the molecule is CC(C)C1(CNCC(N)C(C)(C)C)CC1. The zero-order valence-electron chi connectivity index (χ0n) is 11.1. The Labute approximate surface area is 95.0 Å². The predicted octanol–water partition coefficient (Wildman–Crippen LogP) is 2.39. The third-order valence-corrected chi connectivity index (χ3v) is 4.07. The lowest BCUT2D eigenvalue weighted by atomic mass is 9.87. The predicted molar refractivity (Wildman–Crippen MR) is 66.8 cm³/mol. The van der Waals surface area contributed by atoms with Crippen LogP contribution in [0.1, 0.15) is 47.5 Å². The van der Waals surface area contributed by atoms with Gasteiger partial charge in [-0.1, -0.05) is 34.6 Å². The van der Waals surface area contributed by atoms with E-state index in [1.54, 1.807) is 0 Å². The molecule has 1 aliphatic carbocycles. The van der Waals surface area contributed by atoms with Crippen LogP contribution in [0.4, 0.5) is 0 Å². The molecular formula is C13H28N2. The van der Waals surface area contributed by atoms with Crippen LogP contribution in [0.5, 0.6) is 0 Å². The summed E-state index contributed by atoms with van der Waals surface area (Å²) < 4.78 is 0. The molecule has 1 fully saturated rings. The van der Waals surface area contributed by atoms with Crippen molar-refractivity contribution in [1.29, 1.82) is 0 Å². The quantitative estimate of drug-likeness (QED) is 0.734. The highest BCUT2D eigenvalue weighted by Gasteiger charge is 2.44. The normalized spacial score (nSPS) is 21.8. The molecule has 15 heavy (non-hydrogen) atoms.